The molecule has 0 bridgehead atoms. The van der Waals surface area contributed by atoms with Crippen molar-refractivity contribution in [2.45, 2.75) is 17.4 Å². The van der Waals surface area contributed by atoms with E-state index < -0.39 is 32.7 Å². The lowest BCUT2D eigenvalue weighted by atomic mass is 10.3. The van der Waals surface area contributed by atoms with Gasteiger partial charge in [0, 0.05) is 13.1 Å². The molecule has 1 heterocycles. The summed E-state index contributed by atoms with van der Waals surface area (Å²) in [5.41, 5.74) is 0. The minimum atomic E-state index is -4.07. The Labute approximate surface area is 97.5 Å². The number of halogens is 2. The van der Waals surface area contributed by atoms with Crippen LogP contribution in [0.2, 0.25) is 0 Å². The van der Waals surface area contributed by atoms with Gasteiger partial charge in [-0.1, -0.05) is 6.07 Å². The summed E-state index contributed by atoms with van der Waals surface area (Å²) < 4.78 is 51.2. The van der Waals surface area contributed by atoms with E-state index >= 15 is 0 Å². The molecule has 94 valence electrons. The minimum absolute atomic E-state index is 0.0850. The maximum Gasteiger partial charge on any atom is 0.246 e. The Balaban J connectivity index is 2.42. The molecular weight excluding hydrogens is 252 g/mol. The second kappa shape index (κ2) is 4.32. The smallest absolute Gasteiger partial charge is 0.246 e. The van der Waals surface area contributed by atoms with Crippen LogP contribution in [0.1, 0.15) is 6.42 Å². The van der Waals surface area contributed by atoms with Crippen LogP contribution in [0.5, 0.6) is 0 Å². The number of hydrogen-bond donors (Lipinski definition) is 1. The van der Waals surface area contributed by atoms with Gasteiger partial charge in [-0.15, -0.1) is 0 Å². The second-order valence-electron chi connectivity index (χ2n) is 3.86. The molecule has 0 saturated carbocycles. The molecule has 1 saturated heterocycles. The van der Waals surface area contributed by atoms with Crippen LogP contribution in [0.15, 0.2) is 23.1 Å². The molecule has 0 aromatic heterocycles. The van der Waals surface area contributed by atoms with Gasteiger partial charge in [-0.25, -0.2) is 17.2 Å². The average Bonchev–Trinajstić information content (AvgIpc) is 2.69. The van der Waals surface area contributed by atoms with Gasteiger partial charge in [-0.3, -0.25) is 0 Å². The first-order valence-corrected chi connectivity index (χ1v) is 6.49. The Morgan fingerprint density at radius 2 is 2.06 bits per heavy atom. The highest BCUT2D eigenvalue weighted by Gasteiger charge is 2.33. The van der Waals surface area contributed by atoms with Crippen LogP contribution < -0.4 is 0 Å². The standard InChI is InChI=1S/C10H11F2NO3S/c11-8-2-1-3-9(10(8)12)17(15,16)13-5-4-7(14)6-13/h1-3,7,14H,4-6H2/t7-/m0/s1. The molecule has 7 heteroatoms. The first-order valence-electron chi connectivity index (χ1n) is 5.05. The van der Waals surface area contributed by atoms with Crippen LogP contribution >= 0.6 is 0 Å². The van der Waals surface area contributed by atoms with Crippen molar-refractivity contribution >= 4 is 10.0 Å². The number of rotatable bonds is 2. The molecule has 1 atom stereocenters. The molecular formula is C10H11F2NO3S. The van der Waals surface area contributed by atoms with E-state index in [1.807, 2.05) is 0 Å². The third-order valence-electron chi connectivity index (χ3n) is 2.66. The fourth-order valence-electron chi connectivity index (χ4n) is 1.75. The lowest BCUT2D eigenvalue weighted by molar-refractivity contribution is 0.189. The molecule has 0 amide bonds. The fraction of sp³-hybridized carbons (Fsp3) is 0.400. The zero-order valence-corrected chi connectivity index (χ0v) is 9.62. The van der Waals surface area contributed by atoms with Crippen molar-refractivity contribution in [2.75, 3.05) is 13.1 Å². The number of β-amino-alcohol motifs (C(OH)–C–C–N with tert-alkyl or cyclic N) is 1. The zero-order valence-electron chi connectivity index (χ0n) is 8.81. The Kier molecular flexibility index (Phi) is 3.15. The van der Waals surface area contributed by atoms with Crippen molar-refractivity contribution in [2.24, 2.45) is 0 Å². The Morgan fingerprint density at radius 3 is 2.65 bits per heavy atom. The normalized spacial score (nSPS) is 21.9. The summed E-state index contributed by atoms with van der Waals surface area (Å²) in [6, 6.07) is 3.00. The molecule has 1 aliphatic heterocycles. The first kappa shape index (κ1) is 12.4. The molecule has 1 aromatic rings. The van der Waals surface area contributed by atoms with Crippen molar-refractivity contribution in [1.29, 1.82) is 0 Å². The highest BCUT2D eigenvalue weighted by atomic mass is 32.2. The number of benzene rings is 1. The summed E-state index contributed by atoms with van der Waals surface area (Å²) in [5.74, 6) is -2.58. The van der Waals surface area contributed by atoms with E-state index in [9.17, 15) is 22.3 Å². The molecule has 0 unspecified atom stereocenters. The number of sulfonamides is 1. The Bertz CT molecular complexity index is 532. The van der Waals surface area contributed by atoms with Crippen LogP contribution in [0.3, 0.4) is 0 Å². The van der Waals surface area contributed by atoms with E-state index in [1.165, 1.54) is 0 Å². The van der Waals surface area contributed by atoms with Gasteiger partial charge in [0.1, 0.15) is 4.90 Å². The molecule has 2 rings (SSSR count). The largest absolute Gasteiger partial charge is 0.392 e. The fourth-order valence-corrected chi connectivity index (χ4v) is 3.32. The van der Waals surface area contributed by atoms with Gasteiger partial charge in [0.15, 0.2) is 11.6 Å². The van der Waals surface area contributed by atoms with E-state index in [-0.39, 0.29) is 13.1 Å². The van der Waals surface area contributed by atoms with E-state index in [4.69, 9.17) is 0 Å². The SMILES string of the molecule is O=S(=O)(c1cccc(F)c1F)N1CC[C@H](O)C1. The number of aliphatic hydroxyl groups excluding tert-OH is 1. The van der Waals surface area contributed by atoms with Crippen LogP contribution in [0.4, 0.5) is 8.78 Å². The van der Waals surface area contributed by atoms with Gasteiger partial charge in [0.05, 0.1) is 6.10 Å². The zero-order chi connectivity index (χ0) is 12.6. The lowest BCUT2D eigenvalue weighted by Crippen LogP contribution is -2.30. The number of nitrogens with zero attached hydrogens (tertiary/aromatic N) is 1. The molecule has 0 spiro atoms. The molecule has 0 aliphatic carbocycles. The summed E-state index contributed by atoms with van der Waals surface area (Å²) >= 11 is 0. The predicted octanol–water partition coefficient (Wildman–Crippen LogP) is 0.720. The van der Waals surface area contributed by atoms with Crippen LogP contribution in [0.25, 0.3) is 0 Å². The first-order chi connectivity index (χ1) is 7.93. The van der Waals surface area contributed by atoms with Gasteiger partial charge >= 0.3 is 0 Å². The quantitative estimate of drug-likeness (QED) is 0.855. The average molecular weight is 263 g/mol. The second-order valence-corrected chi connectivity index (χ2v) is 5.76. The highest BCUT2D eigenvalue weighted by Crippen LogP contribution is 2.24. The molecule has 17 heavy (non-hydrogen) atoms. The molecule has 1 aliphatic rings. The molecule has 1 aromatic carbocycles. The lowest BCUT2D eigenvalue weighted by Gasteiger charge is -2.16. The number of hydrogen-bond acceptors (Lipinski definition) is 3. The topological polar surface area (TPSA) is 57.6 Å². The summed E-state index contributed by atoms with van der Waals surface area (Å²) in [6.45, 7) is 0.0255. The maximum atomic E-state index is 13.4. The van der Waals surface area contributed by atoms with E-state index in [1.54, 1.807) is 0 Å². The van der Waals surface area contributed by atoms with Gasteiger partial charge in [-0.05, 0) is 18.6 Å². The minimum Gasteiger partial charge on any atom is -0.392 e. The van der Waals surface area contributed by atoms with Crippen LogP contribution in [-0.4, -0.2) is 37.0 Å². The molecule has 1 N–H and O–H groups in total. The van der Waals surface area contributed by atoms with Gasteiger partial charge in [0.2, 0.25) is 10.0 Å². The van der Waals surface area contributed by atoms with E-state index in [0.717, 1.165) is 22.5 Å². The Hall–Kier alpha value is -1.05. The van der Waals surface area contributed by atoms with Crippen LogP contribution in [0, 0.1) is 11.6 Å². The van der Waals surface area contributed by atoms with Crippen molar-refractivity contribution < 1.29 is 22.3 Å². The van der Waals surface area contributed by atoms with E-state index in [2.05, 4.69) is 0 Å². The maximum absolute atomic E-state index is 13.4. The Morgan fingerprint density at radius 1 is 1.35 bits per heavy atom. The molecule has 4 nitrogen and oxygen atoms in total. The molecule has 1 fully saturated rings. The highest BCUT2D eigenvalue weighted by molar-refractivity contribution is 7.89. The third kappa shape index (κ3) is 2.18. The molecule has 0 radical (unpaired) electrons. The van der Waals surface area contributed by atoms with Crippen molar-refractivity contribution in [3.63, 3.8) is 0 Å². The van der Waals surface area contributed by atoms with Gasteiger partial charge < -0.3 is 5.11 Å². The number of aliphatic hydroxyl groups is 1. The van der Waals surface area contributed by atoms with Crippen molar-refractivity contribution in [3.05, 3.63) is 29.8 Å². The summed E-state index contributed by atoms with van der Waals surface area (Å²) in [4.78, 5) is -0.688. The van der Waals surface area contributed by atoms with Crippen molar-refractivity contribution in [1.82, 2.24) is 4.31 Å². The summed E-state index contributed by atoms with van der Waals surface area (Å²) in [6.07, 6.45) is -0.447. The summed E-state index contributed by atoms with van der Waals surface area (Å²) in [5, 5.41) is 9.26. The third-order valence-corrected chi connectivity index (χ3v) is 4.54. The predicted molar refractivity (Wildman–Crippen MR) is 55.7 cm³/mol. The van der Waals surface area contributed by atoms with Gasteiger partial charge in [-0.2, -0.15) is 4.31 Å². The monoisotopic (exact) mass is 263 g/mol. The summed E-state index contributed by atoms with van der Waals surface area (Å²) in [7, 11) is -4.07. The van der Waals surface area contributed by atoms with Crippen molar-refractivity contribution in [3.8, 4) is 0 Å². The van der Waals surface area contributed by atoms with Crippen LogP contribution in [-0.2, 0) is 10.0 Å². The van der Waals surface area contributed by atoms with E-state index in [0.29, 0.717) is 6.42 Å². The van der Waals surface area contributed by atoms with Gasteiger partial charge in [0.25, 0.3) is 0 Å².